The number of carbonyl (C=O) groups is 1. The Kier molecular flexibility index (Phi) is 4.12. The van der Waals surface area contributed by atoms with Gasteiger partial charge < -0.3 is 14.3 Å². The van der Waals surface area contributed by atoms with Crippen molar-refractivity contribution in [1.29, 1.82) is 0 Å². The Morgan fingerprint density at radius 1 is 1.33 bits per heavy atom. The predicted molar refractivity (Wildman–Crippen MR) is 77.1 cm³/mol. The van der Waals surface area contributed by atoms with Crippen molar-refractivity contribution < 1.29 is 9.32 Å². The van der Waals surface area contributed by atoms with Gasteiger partial charge in [0, 0.05) is 64.2 Å². The number of piperazine rings is 2. The van der Waals surface area contributed by atoms with Crippen LogP contribution in [0.1, 0.15) is 12.2 Å². The van der Waals surface area contributed by atoms with Crippen LogP contribution in [0.2, 0.25) is 0 Å². The van der Waals surface area contributed by atoms with E-state index in [2.05, 4.69) is 22.0 Å². The van der Waals surface area contributed by atoms with Gasteiger partial charge in [-0.1, -0.05) is 0 Å². The van der Waals surface area contributed by atoms with Crippen molar-refractivity contribution in [2.75, 3.05) is 46.3 Å². The molecule has 1 N–H and O–H groups in total. The van der Waals surface area contributed by atoms with Gasteiger partial charge in [0.15, 0.2) is 0 Å². The second-order valence-electron chi connectivity index (χ2n) is 5.97. The van der Waals surface area contributed by atoms with Crippen LogP contribution >= 0.6 is 0 Å². The molecule has 1 amide bonds. The van der Waals surface area contributed by atoms with E-state index in [-0.39, 0.29) is 11.5 Å². The van der Waals surface area contributed by atoms with Crippen molar-refractivity contribution in [2.24, 2.45) is 0 Å². The minimum atomic E-state index is -0.253. The fourth-order valence-corrected chi connectivity index (χ4v) is 3.17. The van der Waals surface area contributed by atoms with Crippen LogP contribution in [0.3, 0.4) is 0 Å². The summed E-state index contributed by atoms with van der Waals surface area (Å²) in [5.41, 5.74) is -0.253. The highest BCUT2D eigenvalue weighted by molar-refractivity contribution is 5.76. The fraction of sp³-hybridized carbons (Fsp3) is 0.714. The topological polar surface area (TPSA) is 72.8 Å². The minimum Gasteiger partial charge on any atom is -0.384 e. The summed E-state index contributed by atoms with van der Waals surface area (Å²) in [7, 11) is 2.13. The van der Waals surface area contributed by atoms with Crippen LogP contribution < -0.4 is 5.56 Å². The molecule has 21 heavy (non-hydrogen) atoms. The van der Waals surface area contributed by atoms with E-state index >= 15 is 0 Å². The Hall–Kier alpha value is -1.60. The van der Waals surface area contributed by atoms with E-state index in [1.54, 1.807) is 0 Å². The van der Waals surface area contributed by atoms with Crippen molar-refractivity contribution in [2.45, 2.75) is 18.9 Å². The second-order valence-corrected chi connectivity index (χ2v) is 5.97. The molecule has 0 aliphatic carbocycles. The highest BCUT2D eigenvalue weighted by Crippen LogP contribution is 2.16. The van der Waals surface area contributed by atoms with Crippen LogP contribution in [0, 0.1) is 0 Å². The van der Waals surface area contributed by atoms with Crippen LogP contribution in [-0.2, 0) is 11.2 Å². The molecule has 2 aliphatic heterocycles. The lowest BCUT2D eigenvalue weighted by atomic mass is 10.1. The molecule has 1 unspecified atom stereocenters. The molecule has 1 aromatic rings. The molecule has 3 heterocycles. The summed E-state index contributed by atoms with van der Waals surface area (Å²) in [6.45, 7) is 5.80. The normalized spacial score (nSPS) is 24.0. The Morgan fingerprint density at radius 3 is 2.90 bits per heavy atom. The van der Waals surface area contributed by atoms with Crippen molar-refractivity contribution in [3.8, 4) is 0 Å². The number of hydrogen-bond donors (Lipinski definition) is 1. The van der Waals surface area contributed by atoms with Crippen LogP contribution in [-0.4, -0.2) is 78.1 Å². The summed E-state index contributed by atoms with van der Waals surface area (Å²) in [6, 6.07) is 1.85. The molecule has 116 valence electrons. The zero-order valence-electron chi connectivity index (χ0n) is 12.4. The molecule has 2 fully saturated rings. The smallest absolute Gasteiger partial charge is 0.280 e. The maximum Gasteiger partial charge on any atom is 0.280 e. The summed E-state index contributed by atoms with van der Waals surface area (Å²) in [4.78, 5) is 30.0. The third kappa shape index (κ3) is 3.36. The van der Waals surface area contributed by atoms with Gasteiger partial charge in [-0.25, -0.2) is 0 Å². The first-order valence-corrected chi connectivity index (χ1v) is 7.49. The molecule has 7 heteroatoms. The first-order valence-electron chi connectivity index (χ1n) is 7.49. The second kappa shape index (κ2) is 6.03. The number of nitrogens with zero attached hydrogens (tertiary/aromatic N) is 3. The van der Waals surface area contributed by atoms with Gasteiger partial charge in [-0.3, -0.25) is 14.5 Å². The van der Waals surface area contributed by atoms with Crippen LogP contribution in [0.5, 0.6) is 0 Å². The fourth-order valence-electron chi connectivity index (χ4n) is 3.17. The average Bonchev–Trinajstić information content (AvgIpc) is 2.89. The van der Waals surface area contributed by atoms with E-state index in [1.165, 1.54) is 6.07 Å². The number of hydrogen-bond acceptors (Lipinski definition) is 5. The van der Waals surface area contributed by atoms with Gasteiger partial charge in [0.25, 0.3) is 5.56 Å². The standard InChI is InChI=1S/C14H22N4O3/c1-16-4-5-17-6-7-18(10-11(17)9-16)14(20)3-2-12-8-13(19)15-21-12/h8,11H,2-7,9-10H2,1H3,(H,15,19). The van der Waals surface area contributed by atoms with Crippen molar-refractivity contribution in [3.63, 3.8) is 0 Å². The maximum absolute atomic E-state index is 12.3. The Bertz CT molecular complexity index is 552. The van der Waals surface area contributed by atoms with Gasteiger partial charge >= 0.3 is 0 Å². The molecule has 2 saturated heterocycles. The van der Waals surface area contributed by atoms with E-state index < -0.39 is 0 Å². The zero-order chi connectivity index (χ0) is 14.8. The SMILES string of the molecule is CN1CCN2CCN(C(=O)CCc3cc(=O)[nH]o3)CC2C1. The summed E-state index contributed by atoms with van der Waals surface area (Å²) in [5.74, 6) is 0.691. The van der Waals surface area contributed by atoms with Crippen molar-refractivity contribution in [3.05, 3.63) is 22.2 Å². The number of aryl methyl sites for hydroxylation is 1. The predicted octanol–water partition coefficient (Wildman–Crippen LogP) is -0.641. The Labute approximate surface area is 123 Å². The minimum absolute atomic E-state index is 0.145. The van der Waals surface area contributed by atoms with Crippen LogP contribution in [0.4, 0.5) is 0 Å². The highest BCUT2D eigenvalue weighted by Gasteiger charge is 2.32. The number of rotatable bonds is 3. The largest absolute Gasteiger partial charge is 0.384 e. The molecule has 2 aliphatic rings. The molecule has 1 atom stereocenters. The molecule has 0 aromatic carbocycles. The molecule has 0 bridgehead atoms. The highest BCUT2D eigenvalue weighted by atomic mass is 16.5. The van der Waals surface area contributed by atoms with E-state index in [9.17, 15) is 9.59 Å². The van der Waals surface area contributed by atoms with Crippen LogP contribution in [0.25, 0.3) is 0 Å². The molecule has 1 aromatic heterocycles. The average molecular weight is 294 g/mol. The van der Waals surface area contributed by atoms with Gasteiger partial charge in [-0.05, 0) is 7.05 Å². The number of carbonyl (C=O) groups excluding carboxylic acids is 1. The van der Waals surface area contributed by atoms with E-state index in [0.29, 0.717) is 24.6 Å². The van der Waals surface area contributed by atoms with E-state index in [0.717, 1.165) is 39.3 Å². The number of amides is 1. The van der Waals surface area contributed by atoms with Crippen LogP contribution in [0.15, 0.2) is 15.4 Å². The lowest BCUT2D eigenvalue weighted by Crippen LogP contribution is -2.62. The summed E-state index contributed by atoms with van der Waals surface area (Å²) in [6.07, 6.45) is 0.867. The third-order valence-electron chi connectivity index (χ3n) is 4.41. The van der Waals surface area contributed by atoms with Gasteiger partial charge in [0.05, 0.1) is 0 Å². The van der Waals surface area contributed by atoms with E-state index in [4.69, 9.17) is 4.52 Å². The molecule has 0 saturated carbocycles. The summed E-state index contributed by atoms with van der Waals surface area (Å²) >= 11 is 0. The summed E-state index contributed by atoms with van der Waals surface area (Å²) in [5, 5.41) is 2.25. The molecule has 7 nitrogen and oxygen atoms in total. The molecular weight excluding hydrogens is 272 g/mol. The quantitative estimate of drug-likeness (QED) is 0.803. The molecule has 0 spiro atoms. The van der Waals surface area contributed by atoms with Gasteiger partial charge in [0.2, 0.25) is 5.91 Å². The lowest BCUT2D eigenvalue weighted by molar-refractivity contribution is -0.135. The Morgan fingerprint density at radius 2 is 2.14 bits per heavy atom. The van der Waals surface area contributed by atoms with Gasteiger partial charge in [0.1, 0.15) is 5.76 Å². The van der Waals surface area contributed by atoms with Gasteiger partial charge in [-0.2, -0.15) is 5.16 Å². The number of H-pyrrole nitrogens is 1. The monoisotopic (exact) mass is 294 g/mol. The Balaban J connectivity index is 1.52. The molecule has 0 radical (unpaired) electrons. The number of aromatic nitrogens is 1. The van der Waals surface area contributed by atoms with Crippen molar-refractivity contribution in [1.82, 2.24) is 19.9 Å². The number of likely N-dealkylation sites (N-methyl/N-ethyl adjacent to an activating group) is 1. The van der Waals surface area contributed by atoms with Gasteiger partial charge in [-0.15, -0.1) is 0 Å². The first kappa shape index (κ1) is 14.3. The third-order valence-corrected chi connectivity index (χ3v) is 4.41. The summed E-state index contributed by atoms with van der Waals surface area (Å²) < 4.78 is 4.98. The first-order chi connectivity index (χ1) is 10.1. The van der Waals surface area contributed by atoms with Crippen molar-refractivity contribution >= 4 is 5.91 Å². The molecular formula is C14H22N4O3. The lowest BCUT2D eigenvalue weighted by Gasteiger charge is -2.46. The number of fused-ring (bicyclic) bond motifs is 1. The van der Waals surface area contributed by atoms with E-state index in [1.807, 2.05) is 4.90 Å². The molecule has 3 rings (SSSR count). The number of aromatic amines is 1. The number of nitrogens with one attached hydrogen (secondary N) is 1. The maximum atomic E-state index is 12.3. The zero-order valence-corrected chi connectivity index (χ0v) is 12.4.